The lowest BCUT2D eigenvalue weighted by molar-refractivity contribution is -0.438. The van der Waals surface area contributed by atoms with E-state index in [0.717, 1.165) is 52.7 Å². The van der Waals surface area contributed by atoms with Crippen LogP contribution >= 0.6 is 45.1 Å². The molecule has 9 atom stereocenters. The Labute approximate surface area is 392 Å². The van der Waals surface area contributed by atoms with E-state index < -0.39 is 127 Å². The number of hydrogen-bond acceptors (Lipinski definition) is 28. The van der Waals surface area contributed by atoms with Crippen LogP contribution in [0.3, 0.4) is 0 Å². The summed E-state index contributed by atoms with van der Waals surface area (Å²) >= 11 is 0. The number of hydrogen-bond donors (Lipinski definition) is 8. The number of phosphoric ester groups is 3. The molecule has 0 aromatic carbocycles. The van der Waals surface area contributed by atoms with E-state index in [1.54, 1.807) is 0 Å². The van der Waals surface area contributed by atoms with Gasteiger partial charge in [0.2, 0.25) is 23.6 Å². The third kappa shape index (κ3) is 19.1. The molecule has 2 unspecified atom stereocenters. The Morgan fingerprint density at radius 3 is 2.28 bits per heavy atom. The maximum Gasteiger partial charge on any atom is 0.274 e. The number of fused-ring (bicyclic) bond motifs is 1. The highest BCUT2D eigenvalue weighted by Gasteiger charge is 2.47. The van der Waals surface area contributed by atoms with Crippen LogP contribution < -0.4 is 62.5 Å². The van der Waals surface area contributed by atoms with Gasteiger partial charge in [-0.25, -0.2) is 19.3 Å². The molecule has 384 valence electrons. The Morgan fingerprint density at radius 2 is 1.63 bits per heavy atom. The highest BCUT2D eigenvalue weighted by atomic mass is 33.1. The third-order valence-electron chi connectivity index (χ3n) is 8.99. The summed E-state index contributed by atoms with van der Waals surface area (Å²) in [6.45, 7) is -1.15. The van der Waals surface area contributed by atoms with Gasteiger partial charge in [0, 0.05) is 49.3 Å². The number of nitrogens with two attached hydrogens (primary N) is 1. The van der Waals surface area contributed by atoms with Gasteiger partial charge in [0.1, 0.15) is 48.3 Å². The van der Waals surface area contributed by atoms with Gasteiger partial charge in [-0.2, -0.15) is 0 Å². The molecule has 11 N–H and O–H groups in total. The van der Waals surface area contributed by atoms with Crippen LogP contribution in [-0.4, -0.2) is 146 Å². The zero-order valence-electron chi connectivity index (χ0n) is 35.6. The van der Waals surface area contributed by atoms with Gasteiger partial charge in [-0.15, -0.1) is 0 Å². The van der Waals surface area contributed by atoms with Crippen molar-refractivity contribution in [2.45, 2.75) is 75.8 Å². The fraction of sp³-hybridized carbons (Fsp3) is 0.645. The number of carboxylic acid groups (broad SMARTS) is 2. The van der Waals surface area contributed by atoms with Gasteiger partial charge in [0.05, 0.1) is 45.8 Å². The van der Waals surface area contributed by atoms with E-state index in [1.165, 1.54) is 0 Å². The Bertz CT molecular complexity index is 2260. The highest BCUT2D eigenvalue weighted by molar-refractivity contribution is 8.76. The van der Waals surface area contributed by atoms with Gasteiger partial charge in [0.25, 0.3) is 15.6 Å². The molecule has 2 aromatic rings. The van der Waals surface area contributed by atoms with E-state index in [9.17, 15) is 82.5 Å². The average Bonchev–Trinajstić information content (AvgIpc) is 3.80. The second kappa shape index (κ2) is 25.8. The second-order valence-corrected chi connectivity index (χ2v) is 21.5. The lowest BCUT2D eigenvalue weighted by Crippen LogP contribution is -2.68. The summed E-state index contributed by atoms with van der Waals surface area (Å²) in [4.78, 5) is 131. The summed E-state index contributed by atoms with van der Waals surface area (Å²) in [7, 11) is -15.5. The molecule has 0 saturated carbocycles. The summed E-state index contributed by atoms with van der Waals surface area (Å²) in [5, 5.41) is 52.2. The molecule has 68 heavy (non-hydrogen) atoms. The molecule has 3 rings (SSSR count). The smallest absolute Gasteiger partial charge is 0.274 e. The third-order valence-corrected chi connectivity index (χ3v) is 14.4. The van der Waals surface area contributed by atoms with Crippen LogP contribution in [0, 0.1) is 5.41 Å². The number of aliphatic carboxylic acids is 2. The minimum atomic E-state index is -5.97. The summed E-state index contributed by atoms with van der Waals surface area (Å²) in [5.74, 6) is -6.17. The second-order valence-electron chi connectivity index (χ2n) is 14.9. The monoisotopic (exact) mass is 1070 g/mol. The van der Waals surface area contributed by atoms with Crippen LogP contribution in [0.25, 0.3) is 11.2 Å². The van der Waals surface area contributed by atoms with Crippen molar-refractivity contribution >= 4 is 97.6 Å². The lowest BCUT2D eigenvalue weighted by Gasteiger charge is -2.36. The number of carbonyl (C=O) groups excluding carboxylic acids is 6. The topological polar surface area (TPSA) is 524 Å². The van der Waals surface area contributed by atoms with Crippen molar-refractivity contribution in [3.63, 3.8) is 0 Å². The molecule has 0 aliphatic carbocycles. The molecule has 3 heterocycles. The van der Waals surface area contributed by atoms with Gasteiger partial charge in [-0.1, -0.05) is 35.4 Å². The quantitative estimate of drug-likeness (QED) is 0.0205. The number of ether oxygens (including phenoxy) is 1. The molecule has 2 aromatic heterocycles. The van der Waals surface area contributed by atoms with Gasteiger partial charge < -0.3 is 105 Å². The van der Waals surface area contributed by atoms with E-state index in [1.807, 2.05) is 0 Å². The van der Waals surface area contributed by atoms with Crippen LogP contribution in [-0.2, 0) is 65.1 Å². The Balaban J connectivity index is 1.42. The van der Waals surface area contributed by atoms with Gasteiger partial charge in [-0.05, 0) is 0 Å². The number of phosphoric acid groups is 3. The Kier molecular flexibility index (Phi) is 22.2. The van der Waals surface area contributed by atoms with Crippen molar-refractivity contribution in [1.82, 2.24) is 40.8 Å². The number of imidazole rings is 1. The number of carboxylic acids is 2. The van der Waals surface area contributed by atoms with Crippen LogP contribution in [0.4, 0.5) is 5.82 Å². The van der Waals surface area contributed by atoms with Crippen molar-refractivity contribution in [2.24, 2.45) is 5.41 Å². The fourth-order valence-electron chi connectivity index (χ4n) is 5.48. The molecule has 0 spiro atoms. The molecule has 1 fully saturated rings. The van der Waals surface area contributed by atoms with Crippen molar-refractivity contribution < 1.29 is 111 Å². The number of amides is 4. The largest absolute Gasteiger partial charge is 0.790 e. The average molecular weight is 1070 g/mol. The van der Waals surface area contributed by atoms with E-state index >= 15 is 0 Å². The van der Waals surface area contributed by atoms with Crippen molar-refractivity contribution in [3.8, 4) is 0 Å². The molecule has 1 aliphatic rings. The number of quaternary nitrogens is 1. The van der Waals surface area contributed by atoms with E-state index in [-0.39, 0.29) is 60.8 Å². The van der Waals surface area contributed by atoms with E-state index in [0.29, 0.717) is 0 Å². The predicted molar refractivity (Wildman–Crippen MR) is 217 cm³/mol. The molecule has 4 amide bonds. The molecule has 0 bridgehead atoms. The molecule has 1 aliphatic heterocycles. The maximum absolute atomic E-state index is 12.6. The Morgan fingerprint density at radius 1 is 0.956 bits per heavy atom. The molecular formula is C31H46N10O22P3S2-5. The SMILES string of the molecule is CC(C)(COP(=O)([O-])OP(=O)([O-])OC[C@H]1O[C@@H](n2cnc3c(N)ncnc32)[C@H](O)[C@@H]1OP(=O)([O-])[O-])[C@@H](O)C(=O)NCCC(=O)NCCSSC[C@H](NC(=O)CC[C@H]([NH3+])C(=O)[O-])C(=O)NCC(=O)[O-]. The normalized spacial score (nSPS) is 20.6. The highest BCUT2D eigenvalue weighted by Crippen LogP contribution is 2.56. The summed E-state index contributed by atoms with van der Waals surface area (Å²) in [6, 6.07) is -2.40. The zero-order valence-corrected chi connectivity index (χ0v) is 39.9. The zero-order chi connectivity index (χ0) is 51.2. The minimum Gasteiger partial charge on any atom is -0.790 e. The molecule has 1 saturated heterocycles. The first-order chi connectivity index (χ1) is 31.5. The molecular weight excluding hydrogens is 1020 g/mol. The minimum absolute atomic E-state index is 0.0179. The van der Waals surface area contributed by atoms with Crippen LogP contribution in [0.5, 0.6) is 0 Å². The fourth-order valence-corrected chi connectivity index (χ4v) is 10.3. The molecule has 32 nitrogen and oxygen atoms in total. The molecule has 0 radical (unpaired) electrons. The first-order valence-electron chi connectivity index (χ1n) is 19.4. The van der Waals surface area contributed by atoms with Crippen molar-refractivity contribution in [2.75, 3.05) is 50.1 Å². The summed E-state index contributed by atoms with van der Waals surface area (Å²) in [5.41, 5.74) is 7.27. The summed E-state index contributed by atoms with van der Waals surface area (Å²) < 4.78 is 60.6. The number of aliphatic hydroxyl groups is 2. The number of nitrogen functional groups attached to an aromatic ring is 1. The van der Waals surface area contributed by atoms with Gasteiger partial charge >= 0.3 is 0 Å². The van der Waals surface area contributed by atoms with Crippen molar-refractivity contribution in [3.05, 3.63) is 12.7 Å². The standard InChI is InChI=1S/C31H51N10O22P3S2/c1-31(2,24(47)28(49)35-6-5-18(42)34-7-8-67-68-11-16(27(48)36-9-20(44)45)40-19(43)4-3-15(32)30(50)51)12-60-66(57,58)63-65(55,56)59-10-17-23(62-64(52,53)54)22(46)29(61-17)41-14-39-21-25(33)37-13-38-26(21)41/h13-17,22-24,29,46-47H,3-12,32H2,1-2H3,(H,34,42)(H,35,49)(H,36,48)(H,40,43)(H,44,45)(H,50,51)(H,55,56)(H,57,58)(H2,33,37,38)(H2,52,53,54)/p-5/t15-,16-,17+,22+,23+,24-,29+/m0/s1. The first kappa shape index (κ1) is 58.4. The number of carbonyl (C=O) groups is 6. The lowest BCUT2D eigenvalue weighted by atomic mass is 9.87. The van der Waals surface area contributed by atoms with Crippen LogP contribution in [0.15, 0.2) is 12.7 Å². The van der Waals surface area contributed by atoms with E-state index in [4.69, 9.17) is 10.5 Å². The number of aliphatic hydroxyl groups excluding tert-OH is 2. The predicted octanol–water partition coefficient (Wildman–Crippen LogP) is -9.25. The van der Waals surface area contributed by atoms with E-state index in [2.05, 4.69) is 59.8 Å². The number of rotatable bonds is 30. The Hall–Kier alpha value is -3.92. The van der Waals surface area contributed by atoms with Crippen LogP contribution in [0.2, 0.25) is 0 Å². The van der Waals surface area contributed by atoms with Gasteiger partial charge in [-0.3, -0.25) is 32.9 Å². The number of aromatic nitrogens is 4. The number of nitrogens with one attached hydrogen (secondary N) is 4. The maximum atomic E-state index is 12.6. The summed E-state index contributed by atoms with van der Waals surface area (Å²) in [6.07, 6.45) is -8.45. The van der Waals surface area contributed by atoms with Crippen LogP contribution in [0.1, 0.15) is 39.3 Å². The number of nitrogens with zero attached hydrogens (tertiary/aromatic N) is 4. The van der Waals surface area contributed by atoms with Gasteiger partial charge in [0.15, 0.2) is 17.7 Å². The first-order valence-corrected chi connectivity index (χ1v) is 26.3. The molecule has 37 heteroatoms. The van der Waals surface area contributed by atoms with Crippen molar-refractivity contribution in [1.29, 1.82) is 0 Å². The number of anilines is 1.